The summed E-state index contributed by atoms with van der Waals surface area (Å²) in [6, 6.07) is 3.32. The van der Waals surface area contributed by atoms with Gasteiger partial charge in [-0.05, 0) is 12.1 Å². The number of hydrogen-bond donors (Lipinski definition) is 1. The summed E-state index contributed by atoms with van der Waals surface area (Å²) in [4.78, 5) is 20.6. The van der Waals surface area contributed by atoms with Crippen LogP contribution in [0.3, 0.4) is 0 Å². The summed E-state index contributed by atoms with van der Waals surface area (Å²) in [5.74, 6) is 0.0232. The van der Waals surface area contributed by atoms with Crippen molar-refractivity contribution in [3.8, 4) is 22.8 Å². The molecule has 3 aromatic rings. The molecule has 1 aromatic carbocycles. The topological polar surface area (TPSA) is 72.7 Å². The maximum Gasteiger partial charge on any atom is 0.269 e. The van der Waals surface area contributed by atoms with Gasteiger partial charge in [0.2, 0.25) is 0 Å². The van der Waals surface area contributed by atoms with Crippen molar-refractivity contribution in [2.45, 2.75) is 6.54 Å². The minimum atomic E-state index is -0.184. The molecule has 0 spiro atoms. The predicted octanol–water partition coefficient (Wildman–Crippen LogP) is 5.02. The van der Waals surface area contributed by atoms with Crippen molar-refractivity contribution in [3.05, 3.63) is 49.1 Å². The molecule has 0 atom stereocenters. The van der Waals surface area contributed by atoms with Gasteiger partial charge in [0.1, 0.15) is 11.4 Å². The molecule has 2 aromatic heterocycles. The van der Waals surface area contributed by atoms with Crippen LogP contribution in [0.5, 0.6) is 0 Å². The van der Waals surface area contributed by atoms with E-state index in [0.29, 0.717) is 30.2 Å². The Balaban J connectivity index is 1.85. The molecule has 27 heavy (non-hydrogen) atoms. The molecule has 4 rings (SSSR count). The van der Waals surface area contributed by atoms with Crippen LogP contribution in [0.1, 0.15) is 10.5 Å². The summed E-state index contributed by atoms with van der Waals surface area (Å²) < 4.78 is 1.63. The third kappa shape index (κ3) is 3.15. The number of nitrogens with zero attached hydrogens (tertiary/aromatic N) is 4. The van der Waals surface area contributed by atoms with Gasteiger partial charge >= 0.3 is 0 Å². The van der Waals surface area contributed by atoms with Crippen molar-refractivity contribution in [1.29, 1.82) is 0 Å². The average molecular weight is 464 g/mol. The Morgan fingerprint density at radius 2 is 1.63 bits per heavy atom. The smallest absolute Gasteiger partial charge is 0.269 e. The zero-order valence-corrected chi connectivity index (χ0v) is 17.0. The highest BCUT2D eigenvalue weighted by Gasteiger charge is 2.24. The Labute approximate surface area is 178 Å². The van der Waals surface area contributed by atoms with Crippen LogP contribution in [-0.4, -0.2) is 32.2 Å². The second-order valence-corrected chi connectivity index (χ2v) is 7.49. The van der Waals surface area contributed by atoms with E-state index in [4.69, 9.17) is 58.0 Å². The molecule has 6 nitrogen and oxygen atoms in total. The van der Waals surface area contributed by atoms with Crippen LogP contribution in [0.4, 0.5) is 0 Å². The van der Waals surface area contributed by atoms with Crippen molar-refractivity contribution >= 4 is 63.9 Å². The van der Waals surface area contributed by atoms with Gasteiger partial charge in [-0.3, -0.25) is 9.48 Å². The third-order valence-corrected chi connectivity index (χ3v) is 6.25. The number of aromatic nitrogens is 4. The van der Waals surface area contributed by atoms with Gasteiger partial charge in [-0.2, -0.15) is 5.10 Å². The molecule has 0 saturated carbocycles. The maximum atomic E-state index is 11.9. The van der Waals surface area contributed by atoms with Gasteiger partial charge < -0.3 is 5.32 Å². The number of benzene rings is 1. The first-order valence-corrected chi connectivity index (χ1v) is 9.48. The van der Waals surface area contributed by atoms with E-state index in [1.54, 1.807) is 16.8 Å². The Bertz CT molecular complexity index is 1070. The van der Waals surface area contributed by atoms with Crippen LogP contribution in [0.2, 0.25) is 25.1 Å². The number of fused-ring (bicyclic) bond motifs is 1. The highest BCUT2D eigenvalue weighted by atomic mass is 35.5. The monoisotopic (exact) mass is 461 g/mol. The average Bonchev–Trinajstić information content (AvgIpc) is 3.11. The lowest BCUT2D eigenvalue weighted by Gasteiger charge is -2.13. The van der Waals surface area contributed by atoms with E-state index in [0.717, 1.165) is 0 Å². The molecule has 1 aliphatic heterocycles. The quantitative estimate of drug-likeness (QED) is 0.428. The van der Waals surface area contributed by atoms with Crippen molar-refractivity contribution < 1.29 is 4.79 Å². The molecule has 0 bridgehead atoms. The Kier molecular flexibility index (Phi) is 4.94. The number of carbonyl (C=O) groups excluding carboxylic acids is 1. The molecule has 3 heterocycles. The number of hydrogen-bond acceptors (Lipinski definition) is 4. The van der Waals surface area contributed by atoms with E-state index in [-0.39, 0.29) is 42.4 Å². The fraction of sp³-hybridized carbons (Fsp3) is 0.125. The van der Waals surface area contributed by atoms with Gasteiger partial charge in [-0.1, -0.05) is 58.0 Å². The molecular formula is C16H8Cl5N5O. The maximum absolute atomic E-state index is 11.9. The van der Waals surface area contributed by atoms with E-state index in [1.165, 1.54) is 6.20 Å². The zero-order chi connectivity index (χ0) is 19.3. The van der Waals surface area contributed by atoms with E-state index >= 15 is 0 Å². The molecule has 138 valence electrons. The first kappa shape index (κ1) is 18.8. The van der Waals surface area contributed by atoms with Crippen LogP contribution in [0.25, 0.3) is 22.8 Å². The highest BCUT2D eigenvalue weighted by molar-refractivity contribution is 6.56. The number of nitrogens with one attached hydrogen (secondary N) is 1. The highest BCUT2D eigenvalue weighted by Crippen LogP contribution is 2.47. The second-order valence-electron chi connectivity index (χ2n) is 5.60. The van der Waals surface area contributed by atoms with E-state index < -0.39 is 0 Å². The third-order valence-electron chi connectivity index (χ3n) is 3.97. The molecule has 0 radical (unpaired) electrons. The normalized spacial score (nSPS) is 13.4. The first-order chi connectivity index (χ1) is 12.9. The van der Waals surface area contributed by atoms with Crippen molar-refractivity contribution in [1.82, 2.24) is 25.1 Å². The van der Waals surface area contributed by atoms with Gasteiger partial charge in [0.05, 0.1) is 42.9 Å². The van der Waals surface area contributed by atoms with Gasteiger partial charge in [-0.15, -0.1) is 0 Å². The SMILES string of the molecule is O=C1NCCn2nc(-c3ccnc(-c4c(Cl)c(Cl)c(Cl)c(Cl)c4Cl)n3)cc21. The van der Waals surface area contributed by atoms with Crippen LogP contribution in [0, 0.1) is 0 Å². The number of carbonyl (C=O) groups is 1. The Morgan fingerprint density at radius 3 is 2.30 bits per heavy atom. The van der Waals surface area contributed by atoms with Gasteiger partial charge in [-0.25, -0.2) is 9.97 Å². The summed E-state index contributed by atoms with van der Waals surface area (Å²) in [5, 5.41) is 7.56. The molecule has 1 N–H and O–H groups in total. The van der Waals surface area contributed by atoms with Crippen LogP contribution in [0.15, 0.2) is 18.3 Å². The lowest BCUT2D eigenvalue weighted by Crippen LogP contribution is -2.35. The summed E-state index contributed by atoms with van der Waals surface area (Å²) in [6.07, 6.45) is 1.53. The van der Waals surface area contributed by atoms with Gasteiger partial charge in [0.15, 0.2) is 5.82 Å². The first-order valence-electron chi connectivity index (χ1n) is 7.59. The van der Waals surface area contributed by atoms with E-state index in [9.17, 15) is 4.79 Å². The molecule has 0 fully saturated rings. The number of amides is 1. The van der Waals surface area contributed by atoms with Gasteiger partial charge in [0.25, 0.3) is 5.91 Å². The van der Waals surface area contributed by atoms with Gasteiger partial charge in [0, 0.05) is 12.7 Å². The molecule has 0 unspecified atom stereocenters. The summed E-state index contributed by atoms with van der Waals surface area (Å²) in [5.41, 5.74) is 1.74. The lowest BCUT2D eigenvalue weighted by atomic mass is 10.2. The van der Waals surface area contributed by atoms with E-state index in [1.807, 2.05) is 0 Å². The second kappa shape index (κ2) is 7.11. The Morgan fingerprint density at radius 1 is 0.963 bits per heavy atom. The predicted molar refractivity (Wildman–Crippen MR) is 106 cm³/mol. The Hall–Kier alpha value is -1.57. The van der Waals surface area contributed by atoms with E-state index in [2.05, 4.69) is 20.4 Å². The summed E-state index contributed by atoms with van der Waals surface area (Å²) >= 11 is 30.9. The van der Waals surface area contributed by atoms with Crippen molar-refractivity contribution in [2.24, 2.45) is 0 Å². The fourth-order valence-corrected chi connectivity index (χ4v) is 3.99. The number of halogens is 5. The number of rotatable bonds is 2. The molecule has 0 saturated heterocycles. The summed E-state index contributed by atoms with van der Waals surface area (Å²) in [6.45, 7) is 1.11. The van der Waals surface area contributed by atoms with Crippen LogP contribution < -0.4 is 5.32 Å². The lowest BCUT2D eigenvalue weighted by molar-refractivity contribution is 0.0924. The summed E-state index contributed by atoms with van der Waals surface area (Å²) in [7, 11) is 0. The molecule has 1 aliphatic rings. The minimum absolute atomic E-state index is 0.0565. The van der Waals surface area contributed by atoms with Crippen LogP contribution in [-0.2, 0) is 6.54 Å². The molecule has 0 aliphatic carbocycles. The molecular weight excluding hydrogens is 455 g/mol. The van der Waals surface area contributed by atoms with Crippen LogP contribution >= 0.6 is 58.0 Å². The van der Waals surface area contributed by atoms with Crippen molar-refractivity contribution in [3.63, 3.8) is 0 Å². The fourth-order valence-electron chi connectivity index (χ4n) is 2.68. The van der Waals surface area contributed by atoms with Crippen molar-refractivity contribution in [2.75, 3.05) is 6.54 Å². The standard InChI is InChI=1S/C16H8Cl5N5O/c17-10-9(11(18)13(20)14(21)12(10)19)15-22-2-1-6(24-15)7-5-8-16(27)23-3-4-26(8)25-7/h1-2,5H,3-4H2,(H,23,27). The largest absolute Gasteiger partial charge is 0.349 e. The zero-order valence-electron chi connectivity index (χ0n) is 13.2. The minimum Gasteiger partial charge on any atom is -0.349 e. The molecule has 11 heteroatoms. The molecule has 1 amide bonds.